The fourth-order valence-corrected chi connectivity index (χ4v) is 3.97. The zero-order chi connectivity index (χ0) is 19.9. The molecule has 2 aromatic rings. The Kier molecular flexibility index (Phi) is 7.51. The maximum atomic E-state index is 13.1. The number of benzene rings is 1. The predicted molar refractivity (Wildman–Crippen MR) is 117 cm³/mol. The number of hydrogen-bond donors (Lipinski definition) is 2. The van der Waals surface area contributed by atoms with Crippen LogP contribution in [0.5, 0.6) is 0 Å². The van der Waals surface area contributed by atoms with Crippen LogP contribution in [-0.4, -0.2) is 29.9 Å². The third-order valence-corrected chi connectivity index (χ3v) is 5.51. The third-order valence-electron chi connectivity index (χ3n) is 5.51. The van der Waals surface area contributed by atoms with E-state index < -0.39 is 0 Å². The van der Waals surface area contributed by atoms with Crippen LogP contribution >= 0.6 is 0 Å². The van der Waals surface area contributed by atoms with Gasteiger partial charge in [0.25, 0.3) is 5.56 Å². The van der Waals surface area contributed by atoms with E-state index in [2.05, 4.69) is 42.7 Å². The van der Waals surface area contributed by atoms with Gasteiger partial charge in [-0.2, -0.15) is 0 Å². The molecule has 0 saturated heterocycles. The molecule has 2 N–H and O–H groups in total. The van der Waals surface area contributed by atoms with Crippen LogP contribution < -0.4 is 16.2 Å². The van der Waals surface area contributed by atoms with Crippen LogP contribution in [0.25, 0.3) is 10.9 Å². The van der Waals surface area contributed by atoms with Crippen molar-refractivity contribution in [3.63, 3.8) is 0 Å². The molecule has 28 heavy (non-hydrogen) atoms. The minimum Gasteiger partial charge on any atom is -0.382 e. The second-order valence-electron chi connectivity index (χ2n) is 8.11. The van der Waals surface area contributed by atoms with E-state index >= 15 is 0 Å². The molecule has 0 radical (unpaired) electrons. The highest BCUT2D eigenvalue weighted by Gasteiger charge is 2.15. The number of anilines is 1. The first-order valence-corrected chi connectivity index (χ1v) is 10.8. The number of pyridine rings is 1. The van der Waals surface area contributed by atoms with Gasteiger partial charge in [-0.25, -0.2) is 0 Å². The van der Waals surface area contributed by atoms with Crippen LogP contribution in [0.4, 0.5) is 5.69 Å². The highest BCUT2D eigenvalue weighted by atomic mass is 16.5. The fraction of sp³-hybridized carbons (Fsp3) is 0.609. The summed E-state index contributed by atoms with van der Waals surface area (Å²) in [7, 11) is 0. The van der Waals surface area contributed by atoms with Gasteiger partial charge in [-0.15, -0.1) is 0 Å². The average Bonchev–Trinajstić information content (AvgIpc) is 2.69. The van der Waals surface area contributed by atoms with Crippen molar-refractivity contribution in [1.82, 2.24) is 9.88 Å². The van der Waals surface area contributed by atoms with Gasteiger partial charge >= 0.3 is 0 Å². The van der Waals surface area contributed by atoms with Crippen LogP contribution in [0.2, 0.25) is 0 Å². The van der Waals surface area contributed by atoms with Crippen LogP contribution in [0.1, 0.15) is 58.4 Å². The smallest absolute Gasteiger partial charge is 0.255 e. The van der Waals surface area contributed by atoms with Gasteiger partial charge in [-0.05, 0) is 43.4 Å². The van der Waals surface area contributed by atoms with Crippen molar-refractivity contribution in [2.45, 2.75) is 78.0 Å². The molecule has 1 fully saturated rings. The first kappa shape index (κ1) is 20.9. The summed E-state index contributed by atoms with van der Waals surface area (Å²) in [6.45, 7) is 8.54. The van der Waals surface area contributed by atoms with Gasteiger partial charge in [0.1, 0.15) is 0 Å². The maximum Gasteiger partial charge on any atom is 0.255 e. The van der Waals surface area contributed by atoms with Crippen LogP contribution in [0, 0.1) is 0 Å². The Balaban J connectivity index is 1.93. The minimum absolute atomic E-state index is 0.0789. The van der Waals surface area contributed by atoms with Crippen LogP contribution in [0.15, 0.2) is 29.1 Å². The number of rotatable bonds is 9. The Morgan fingerprint density at radius 2 is 1.96 bits per heavy atom. The first-order valence-electron chi connectivity index (χ1n) is 10.8. The summed E-state index contributed by atoms with van der Waals surface area (Å²) in [5.74, 6) is 0. The zero-order valence-electron chi connectivity index (χ0n) is 17.6. The lowest BCUT2D eigenvalue weighted by Gasteiger charge is -2.24. The molecule has 0 unspecified atom stereocenters. The van der Waals surface area contributed by atoms with Crippen molar-refractivity contribution in [3.05, 3.63) is 40.2 Å². The highest BCUT2D eigenvalue weighted by Crippen LogP contribution is 2.24. The van der Waals surface area contributed by atoms with E-state index in [4.69, 9.17) is 4.74 Å². The first-order chi connectivity index (χ1) is 13.6. The molecular weight excluding hydrogens is 350 g/mol. The summed E-state index contributed by atoms with van der Waals surface area (Å²) in [5.41, 5.74) is 2.98. The van der Waals surface area contributed by atoms with Gasteiger partial charge in [0.15, 0.2) is 0 Å². The van der Waals surface area contributed by atoms with E-state index in [0.29, 0.717) is 38.4 Å². The number of fused-ring (bicyclic) bond motifs is 1. The van der Waals surface area contributed by atoms with Crippen molar-refractivity contribution >= 4 is 16.6 Å². The molecule has 1 aliphatic rings. The molecular formula is C23H35N3O2. The Hall–Kier alpha value is -1.85. The molecule has 1 aliphatic carbocycles. The Labute approximate surface area is 168 Å². The fourth-order valence-electron chi connectivity index (χ4n) is 3.97. The van der Waals surface area contributed by atoms with Crippen molar-refractivity contribution in [2.75, 3.05) is 18.5 Å². The summed E-state index contributed by atoms with van der Waals surface area (Å²) >= 11 is 0. The van der Waals surface area contributed by atoms with E-state index in [1.807, 2.05) is 17.6 Å². The summed E-state index contributed by atoms with van der Waals surface area (Å²) in [4.78, 5) is 13.1. The molecule has 0 spiro atoms. The SMILES string of the molecule is CCOCCn1c(=O)c(CNC(C)C)cc2ccc(NC3CCCCC3)cc21. The van der Waals surface area contributed by atoms with Gasteiger partial charge < -0.3 is 19.9 Å². The maximum absolute atomic E-state index is 13.1. The highest BCUT2D eigenvalue weighted by molar-refractivity contribution is 5.83. The van der Waals surface area contributed by atoms with E-state index in [-0.39, 0.29) is 5.56 Å². The van der Waals surface area contributed by atoms with E-state index in [0.717, 1.165) is 22.2 Å². The van der Waals surface area contributed by atoms with Crippen molar-refractivity contribution in [1.29, 1.82) is 0 Å². The van der Waals surface area contributed by atoms with Gasteiger partial charge in [0.2, 0.25) is 0 Å². The zero-order valence-corrected chi connectivity index (χ0v) is 17.6. The molecule has 3 rings (SSSR count). The Morgan fingerprint density at radius 1 is 1.18 bits per heavy atom. The lowest BCUT2D eigenvalue weighted by molar-refractivity contribution is 0.139. The van der Waals surface area contributed by atoms with Crippen LogP contribution in [0.3, 0.4) is 0 Å². The Bertz CT molecular complexity index is 822. The normalized spacial score (nSPS) is 15.4. The molecule has 5 nitrogen and oxygen atoms in total. The molecule has 0 bridgehead atoms. The second-order valence-corrected chi connectivity index (χ2v) is 8.11. The van der Waals surface area contributed by atoms with E-state index in [1.165, 1.54) is 32.1 Å². The monoisotopic (exact) mass is 385 g/mol. The number of hydrogen-bond acceptors (Lipinski definition) is 4. The van der Waals surface area contributed by atoms with Crippen molar-refractivity contribution in [3.8, 4) is 0 Å². The molecule has 1 aromatic carbocycles. The summed E-state index contributed by atoms with van der Waals surface area (Å²) in [6, 6.07) is 9.34. The van der Waals surface area contributed by atoms with Crippen molar-refractivity contribution in [2.24, 2.45) is 0 Å². The van der Waals surface area contributed by atoms with Gasteiger partial charge in [0.05, 0.1) is 12.1 Å². The third kappa shape index (κ3) is 5.36. The van der Waals surface area contributed by atoms with Gasteiger partial charge in [-0.3, -0.25) is 4.79 Å². The largest absolute Gasteiger partial charge is 0.382 e. The minimum atomic E-state index is 0.0789. The van der Waals surface area contributed by atoms with Crippen LogP contribution in [-0.2, 0) is 17.8 Å². The van der Waals surface area contributed by atoms with E-state index in [1.54, 1.807) is 0 Å². The van der Waals surface area contributed by atoms with E-state index in [9.17, 15) is 4.79 Å². The summed E-state index contributed by atoms with van der Waals surface area (Å²) in [6.07, 6.45) is 6.41. The molecule has 1 saturated carbocycles. The number of aromatic nitrogens is 1. The average molecular weight is 386 g/mol. The lowest BCUT2D eigenvalue weighted by Crippen LogP contribution is -2.31. The lowest BCUT2D eigenvalue weighted by atomic mass is 9.95. The molecule has 1 heterocycles. The van der Waals surface area contributed by atoms with Gasteiger partial charge in [0, 0.05) is 43.0 Å². The number of nitrogens with one attached hydrogen (secondary N) is 2. The number of nitrogens with zero attached hydrogens (tertiary/aromatic N) is 1. The summed E-state index contributed by atoms with van der Waals surface area (Å²) < 4.78 is 7.42. The topological polar surface area (TPSA) is 55.3 Å². The number of ether oxygens (including phenoxy) is 1. The predicted octanol–water partition coefficient (Wildman–Crippen LogP) is 4.28. The molecule has 0 atom stereocenters. The summed E-state index contributed by atoms with van der Waals surface area (Å²) in [5, 5.41) is 8.16. The van der Waals surface area contributed by atoms with Crippen molar-refractivity contribution < 1.29 is 4.74 Å². The molecule has 5 heteroatoms. The quantitative estimate of drug-likeness (QED) is 0.633. The Morgan fingerprint density at radius 3 is 2.68 bits per heavy atom. The standard InChI is InChI=1S/C23H35N3O2/c1-4-28-13-12-26-22-15-21(25-20-8-6-5-7-9-20)11-10-18(22)14-19(23(26)27)16-24-17(2)3/h10-11,14-15,17,20,24-25H,4-9,12-13,16H2,1-3H3. The molecule has 154 valence electrons. The molecule has 0 aliphatic heterocycles. The van der Waals surface area contributed by atoms with Gasteiger partial charge in [-0.1, -0.05) is 39.2 Å². The second kappa shape index (κ2) is 10.1. The molecule has 0 amide bonds. The molecule has 1 aromatic heterocycles.